The summed E-state index contributed by atoms with van der Waals surface area (Å²) in [5.74, 6) is 0.248. The predicted molar refractivity (Wildman–Crippen MR) is 102 cm³/mol. The quantitative estimate of drug-likeness (QED) is 0.598. The average molecular weight is 363 g/mol. The Morgan fingerprint density at radius 3 is 2.19 bits per heavy atom. The molecular formula is C19H17N5O3. The first kappa shape index (κ1) is 17.9. The summed E-state index contributed by atoms with van der Waals surface area (Å²) in [7, 11) is 1.32. The third-order valence-corrected chi connectivity index (χ3v) is 3.53. The lowest BCUT2D eigenvalue weighted by Gasteiger charge is -2.10. The van der Waals surface area contributed by atoms with Crippen LogP contribution in [0.5, 0.6) is 0 Å². The number of benzene rings is 2. The monoisotopic (exact) mass is 363 g/mol. The van der Waals surface area contributed by atoms with Crippen molar-refractivity contribution >= 4 is 35.0 Å². The SMILES string of the molecule is COC(=O)c1ccccc1Nc1ccc(NC(=O)Nc2ccccc2)nn1. The molecule has 3 rings (SSSR count). The normalized spacial score (nSPS) is 9.96. The molecule has 0 saturated carbocycles. The van der Waals surface area contributed by atoms with Crippen LogP contribution in [0.25, 0.3) is 0 Å². The van der Waals surface area contributed by atoms with E-state index in [2.05, 4.69) is 26.1 Å². The van der Waals surface area contributed by atoms with Crippen molar-refractivity contribution in [1.29, 1.82) is 0 Å². The fourth-order valence-corrected chi connectivity index (χ4v) is 2.28. The molecule has 1 heterocycles. The lowest BCUT2D eigenvalue weighted by atomic mass is 10.2. The lowest BCUT2D eigenvalue weighted by Crippen LogP contribution is -2.20. The zero-order valence-electron chi connectivity index (χ0n) is 14.5. The van der Waals surface area contributed by atoms with E-state index in [9.17, 15) is 9.59 Å². The van der Waals surface area contributed by atoms with Crippen LogP contribution in [0.4, 0.5) is 27.8 Å². The van der Waals surface area contributed by atoms with E-state index >= 15 is 0 Å². The molecule has 0 unspecified atom stereocenters. The number of hydrogen-bond donors (Lipinski definition) is 3. The van der Waals surface area contributed by atoms with Crippen molar-refractivity contribution in [2.24, 2.45) is 0 Å². The van der Waals surface area contributed by atoms with Gasteiger partial charge < -0.3 is 15.4 Å². The fourth-order valence-electron chi connectivity index (χ4n) is 2.28. The molecule has 2 aromatic carbocycles. The van der Waals surface area contributed by atoms with Gasteiger partial charge >= 0.3 is 12.0 Å². The standard InChI is InChI=1S/C19H17N5O3/c1-27-18(25)14-9-5-6-10-15(14)21-16-11-12-17(24-23-16)22-19(26)20-13-7-3-2-4-8-13/h2-12H,1H3,(H,21,23)(H2,20,22,24,26). The summed E-state index contributed by atoms with van der Waals surface area (Å²) in [6.45, 7) is 0. The highest BCUT2D eigenvalue weighted by Gasteiger charge is 2.12. The van der Waals surface area contributed by atoms with Gasteiger partial charge in [0.2, 0.25) is 0 Å². The number of para-hydroxylation sites is 2. The van der Waals surface area contributed by atoms with Gasteiger partial charge in [-0.05, 0) is 36.4 Å². The highest BCUT2D eigenvalue weighted by atomic mass is 16.5. The highest BCUT2D eigenvalue weighted by Crippen LogP contribution is 2.20. The number of hydrogen-bond acceptors (Lipinski definition) is 6. The van der Waals surface area contributed by atoms with Crippen LogP contribution in [-0.4, -0.2) is 29.3 Å². The fraction of sp³-hybridized carbons (Fsp3) is 0.0526. The molecule has 0 bridgehead atoms. The van der Waals surface area contributed by atoms with Crippen molar-refractivity contribution in [3.05, 3.63) is 72.3 Å². The Morgan fingerprint density at radius 1 is 0.815 bits per heavy atom. The van der Waals surface area contributed by atoms with Crippen LogP contribution in [0.1, 0.15) is 10.4 Å². The van der Waals surface area contributed by atoms with E-state index in [1.54, 1.807) is 48.5 Å². The molecule has 0 aliphatic heterocycles. The lowest BCUT2D eigenvalue weighted by molar-refractivity contribution is 0.0602. The van der Waals surface area contributed by atoms with Gasteiger partial charge in [-0.25, -0.2) is 9.59 Å². The van der Waals surface area contributed by atoms with Crippen LogP contribution in [0.2, 0.25) is 0 Å². The summed E-state index contributed by atoms with van der Waals surface area (Å²) >= 11 is 0. The van der Waals surface area contributed by atoms with Gasteiger partial charge in [-0.15, -0.1) is 10.2 Å². The number of urea groups is 1. The maximum atomic E-state index is 12.0. The molecule has 8 nitrogen and oxygen atoms in total. The summed E-state index contributed by atoms with van der Waals surface area (Å²) in [6, 6.07) is 18.8. The number of aromatic nitrogens is 2. The van der Waals surface area contributed by atoms with Crippen molar-refractivity contribution in [3.8, 4) is 0 Å². The molecule has 0 aliphatic carbocycles. The maximum Gasteiger partial charge on any atom is 0.339 e. The number of anilines is 4. The number of nitrogens with one attached hydrogen (secondary N) is 3. The number of carbonyl (C=O) groups is 2. The number of esters is 1. The molecule has 0 atom stereocenters. The van der Waals surface area contributed by atoms with E-state index in [0.717, 1.165) is 0 Å². The van der Waals surface area contributed by atoms with Crippen molar-refractivity contribution in [1.82, 2.24) is 10.2 Å². The third-order valence-electron chi connectivity index (χ3n) is 3.53. The molecule has 0 spiro atoms. The van der Waals surface area contributed by atoms with E-state index < -0.39 is 12.0 Å². The van der Waals surface area contributed by atoms with E-state index in [1.165, 1.54) is 7.11 Å². The molecule has 0 radical (unpaired) electrons. The van der Waals surface area contributed by atoms with E-state index in [1.807, 2.05) is 18.2 Å². The Bertz CT molecular complexity index is 930. The van der Waals surface area contributed by atoms with Gasteiger partial charge in [-0.1, -0.05) is 30.3 Å². The molecule has 3 N–H and O–H groups in total. The van der Waals surface area contributed by atoms with Crippen LogP contribution in [0.15, 0.2) is 66.7 Å². The zero-order chi connectivity index (χ0) is 19.1. The van der Waals surface area contributed by atoms with Crippen LogP contribution in [0, 0.1) is 0 Å². The minimum Gasteiger partial charge on any atom is -0.465 e. The summed E-state index contributed by atoms with van der Waals surface area (Å²) in [4.78, 5) is 23.8. The molecular weight excluding hydrogens is 346 g/mol. The first-order valence-electron chi connectivity index (χ1n) is 8.07. The summed E-state index contributed by atoms with van der Waals surface area (Å²) in [6.07, 6.45) is 0. The van der Waals surface area contributed by atoms with Crippen molar-refractivity contribution in [3.63, 3.8) is 0 Å². The predicted octanol–water partition coefficient (Wildman–Crippen LogP) is 3.65. The third kappa shape index (κ3) is 4.79. The minimum absolute atomic E-state index is 0.287. The van der Waals surface area contributed by atoms with Crippen LogP contribution >= 0.6 is 0 Å². The number of nitrogens with zero attached hydrogens (tertiary/aromatic N) is 2. The highest BCUT2D eigenvalue weighted by molar-refractivity contribution is 5.99. The van der Waals surface area contributed by atoms with Gasteiger partial charge in [-0.2, -0.15) is 0 Å². The maximum absolute atomic E-state index is 12.0. The summed E-state index contributed by atoms with van der Waals surface area (Å²) < 4.78 is 4.76. The molecule has 1 aromatic heterocycles. The second-order valence-electron chi connectivity index (χ2n) is 5.41. The van der Waals surface area contributed by atoms with E-state index in [0.29, 0.717) is 22.8 Å². The first-order valence-corrected chi connectivity index (χ1v) is 8.07. The molecule has 27 heavy (non-hydrogen) atoms. The topological polar surface area (TPSA) is 105 Å². The van der Waals surface area contributed by atoms with Crippen LogP contribution in [0.3, 0.4) is 0 Å². The van der Waals surface area contributed by atoms with Gasteiger partial charge in [0, 0.05) is 5.69 Å². The van der Waals surface area contributed by atoms with Gasteiger partial charge in [0.15, 0.2) is 11.6 Å². The number of carbonyl (C=O) groups excluding carboxylic acids is 2. The van der Waals surface area contributed by atoms with Crippen molar-refractivity contribution < 1.29 is 14.3 Å². The van der Waals surface area contributed by atoms with Crippen LogP contribution < -0.4 is 16.0 Å². The molecule has 0 aliphatic rings. The van der Waals surface area contributed by atoms with Crippen molar-refractivity contribution in [2.75, 3.05) is 23.1 Å². The Kier molecular flexibility index (Phi) is 5.58. The number of methoxy groups -OCH3 is 1. The first-order chi connectivity index (χ1) is 13.2. The Labute approximate surface area is 155 Å². The zero-order valence-corrected chi connectivity index (χ0v) is 14.5. The number of ether oxygens (including phenoxy) is 1. The second-order valence-corrected chi connectivity index (χ2v) is 5.41. The minimum atomic E-state index is -0.457. The van der Waals surface area contributed by atoms with E-state index in [4.69, 9.17) is 4.74 Å². The van der Waals surface area contributed by atoms with E-state index in [-0.39, 0.29) is 5.82 Å². The molecule has 8 heteroatoms. The Hall–Kier alpha value is -3.94. The second kappa shape index (κ2) is 8.43. The van der Waals surface area contributed by atoms with Crippen LogP contribution in [-0.2, 0) is 4.74 Å². The average Bonchev–Trinajstić information content (AvgIpc) is 2.70. The molecule has 2 amide bonds. The number of amides is 2. The van der Waals surface area contributed by atoms with Crippen molar-refractivity contribution in [2.45, 2.75) is 0 Å². The summed E-state index contributed by atoms with van der Waals surface area (Å²) in [5.41, 5.74) is 1.59. The van der Waals surface area contributed by atoms with Gasteiger partial charge in [0.1, 0.15) is 0 Å². The Balaban J connectivity index is 1.64. The smallest absolute Gasteiger partial charge is 0.339 e. The molecule has 0 saturated heterocycles. The van der Waals surface area contributed by atoms with Gasteiger partial charge in [0.25, 0.3) is 0 Å². The largest absolute Gasteiger partial charge is 0.465 e. The molecule has 136 valence electrons. The number of rotatable bonds is 5. The molecule has 0 fully saturated rings. The van der Waals surface area contributed by atoms with Gasteiger partial charge in [0.05, 0.1) is 18.4 Å². The molecule has 3 aromatic rings. The summed E-state index contributed by atoms with van der Waals surface area (Å²) in [5, 5.41) is 16.2. The van der Waals surface area contributed by atoms with Gasteiger partial charge in [-0.3, -0.25) is 5.32 Å². The Morgan fingerprint density at radius 2 is 1.48 bits per heavy atom.